The summed E-state index contributed by atoms with van der Waals surface area (Å²) in [7, 11) is 1.83. The van der Waals surface area contributed by atoms with Crippen LogP contribution in [-0.4, -0.2) is 7.05 Å². The molecule has 106 valence electrons. The van der Waals surface area contributed by atoms with E-state index in [4.69, 9.17) is 23.2 Å². The zero-order chi connectivity index (χ0) is 14.9. The van der Waals surface area contributed by atoms with Crippen LogP contribution in [0.2, 0.25) is 10.0 Å². The van der Waals surface area contributed by atoms with Crippen molar-refractivity contribution in [2.45, 2.75) is 19.9 Å². The number of benzene rings is 2. The topological polar surface area (TPSA) is 12.0 Å². The molecule has 0 bridgehead atoms. The quantitative estimate of drug-likeness (QED) is 0.835. The minimum Gasteiger partial charge on any atom is -0.309 e. The summed E-state index contributed by atoms with van der Waals surface area (Å²) in [5.74, 6) is -0.302. The van der Waals surface area contributed by atoms with Gasteiger partial charge in [-0.1, -0.05) is 41.4 Å². The molecule has 0 aliphatic carbocycles. The second-order valence-electron chi connectivity index (χ2n) is 4.82. The van der Waals surface area contributed by atoms with Crippen molar-refractivity contribution < 1.29 is 4.39 Å². The molecule has 20 heavy (non-hydrogen) atoms. The smallest absolute Gasteiger partial charge is 0.127 e. The van der Waals surface area contributed by atoms with Crippen LogP contribution in [0.25, 0.3) is 0 Å². The molecule has 0 aliphatic rings. The Balaban J connectivity index is 2.58. The van der Waals surface area contributed by atoms with E-state index in [0.717, 1.165) is 16.7 Å². The van der Waals surface area contributed by atoms with Gasteiger partial charge in [-0.15, -0.1) is 0 Å². The Hall–Kier alpha value is -1.09. The standard InChI is InChI=1S/C16H16Cl2FN/c1-9-5-4-6-11(15(9)18)16(20-3)12-7-10(2)14(19)8-13(12)17/h4-8,16,20H,1-3H3. The highest BCUT2D eigenvalue weighted by atomic mass is 35.5. The Morgan fingerprint density at radius 2 is 1.75 bits per heavy atom. The molecule has 2 aromatic carbocycles. The number of aryl methyl sites for hydroxylation is 2. The zero-order valence-corrected chi connectivity index (χ0v) is 13.1. The van der Waals surface area contributed by atoms with Gasteiger partial charge in [0.2, 0.25) is 0 Å². The molecule has 2 rings (SSSR count). The van der Waals surface area contributed by atoms with Gasteiger partial charge in [-0.25, -0.2) is 4.39 Å². The Morgan fingerprint density at radius 1 is 1.05 bits per heavy atom. The maximum absolute atomic E-state index is 13.5. The van der Waals surface area contributed by atoms with Crippen molar-refractivity contribution in [2.75, 3.05) is 7.05 Å². The Kier molecular flexibility index (Phi) is 4.69. The van der Waals surface area contributed by atoms with Gasteiger partial charge in [0.15, 0.2) is 0 Å². The average Bonchev–Trinajstić information content (AvgIpc) is 2.41. The minimum atomic E-state index is -0.302. The SMILES string of the molecule is CNC(c1cc(C)c(F)cc1Cl)c1cccc(C)c1Cl. The molecule has 0 aromatic heterocycles. The molecular weight excluding hydrogens is 296 g/mol. The molecule has 1 unspecified atom stereocenters. The predicted molar refractivity (Wildman–Crippen MR) is 83.2 cm³/mol. The fourth-order valence-corrected chi connectivity index (χ4v) is 2.77. The fraction of sp³-hybridized carbons (Fsp3) is 0.250. The first-order valence-corrected chi connectivity index (χ1v) is 7.09. The van der Waals surface area contributed by atoms with E-state index in [9.17, 15) is 4.39 Å². The molecule has 0 amide bonds. The van der Waals surface area contributed by atoms with E-state index in [1.165, 1.54) is 6.07 Å². The van der Waals surface area contributed by atoms with Crippen LogP contribution in [0.4, 0.5) is 4.39 Å². The van der Waals surface area contributed by atoms with Gasteiger partial charge in [0, 0.05) is 10.0 Å². The summed E-state index contributed by atoms with van der Waals surface area (Å²) in [6.07, 6.45) is 0. The third-order valence-electron chi connectivity index (χ3n) is 3.41. The number of halogens is 3. The molecule has 1 N–H and O–H groups in total. The van der Waals surface area contributed by atoms with Crippen molar-refractivity contribution >= 4 is 23.2 Å². The lowest BCUT2D eigenvalue weighted by atomic mass is 9.96. The van der Waals surface area contributed by atoms with Crippen LogP contribution in [0.15, 0.2) is 30.3 Å². The van der Waals surface area contributed by atoms with Gasteiger partial charge in [-0.3, -0.25) is 0 Å². The highest BCUT2D eigenvalue weighted by Gasteiger charge is 2.20. The largest absolute Gasteiger partial charge is 0.309 e. The zero-order valence-electron chi connectivity index (χ0n) is 11.6. The highest BCUT2D eigenvalue weighted by Crippen LogP contribution is 2.34. The van der Waals surface area contributed by atoms with E-state index in [-0.39, 0.29) is 11.9 Å². The molecule has 1 nitrogen and oxygen atoms in total. The minimum absolute atomic E-state index is 0.172. The van der Waals surface area contributed by atoms with Crippen molar-refractivity contribution in [3.63, 3.8) is 0 Å². The normalized spacial score (nSPS) is 12.5. The molecule has 2 aromatic rings. The van der Waals surface area contributed by atoms with Gasteiger partial charge in [0.05, 0.1) is 6.04 Å². The van der Waals surface area contributed by atoms with Crippen LogP contribution in [0.1, 0.15) is 28.3 Å². The molecule has 0 saturated heterocycles. The lowest BCUT2D eigenvalue weighted by Crippen LogP contribution is -2.19. The number of nitrogens with one attached hydrogen (secondary N) is 1. The van der Waals surface area contributed by atoms with Gasteiger partial charge < -0.3 is 5.32 Å². The first-order valence-electron chi connectivity index (χ1n) is 6.33. The monoisotopic (exact) mass is 311 g/mol. The number of hydrogen-bond donors (Lipinski definition) is 1. The maximum atomic E-state index is 13.5. The van der Waals surface area contributed by atoms with E-state index in [1.54, 1.807) is 13.0 Å². The summed E-state index contributed by atoms with van der Waals surface area (Å²) in [6, 6.07) is 8.79. The second-order valence-corrected chi connectivity index (χ2v) is 5.61. The molecular formula is C16H16Cl2FN. The van der Waals surface area contributed by atoms with Crippen LogP contribution in [0.5, 0.6) is 0 Å². The van der Waals surface area contributed by atoms with Crippen molar-refractivity contribution in [1.29, 1.82) is 0 Å². The lowest BCUT2D eigenvalue weighted by molar-refractivity contribution is 0.614. The Bertz CT molecular complexity index is 641. The van der Waals surface area contributed by atoms with Crippen molar-refractivity contribution in [3.05, 3.63) is 68.4 Å². The third-order valence-corrected chi connectivity index (χ3v) is 4.25. The first-order chi connectivity index (χ1) is 9.45. The van der Waals surface area contributed by atoms with Gasteiger partial charge in [-0.05, 0) is 55.3 Å². The Morgan fingerprint density at radius 3 is 2.40 bits per heavy atom. The van der Waals surface area contributed by atoms with E-state index in [2.05, 4.69) is 5.32 Å². The van der Waals surface area contributed by atoms with Crippen LogP contribution in [-0.2, 0) is 0 Å². The Labute approximate surface area is 128 Å². The van der Waals surface area contributed by atoms with E-state index < -0.39 is 0 Å². The lowest BCUT2D eigenvalue weighted by Gasteiger charge is -2.21. The fourth-order valence-electron chi connectivity index (χ4n) is 2.27. The molecule has 4 heteroatoms. The molecule has 0 spiro atoms. The average molecular weight is 312 g/mol. The summed E-state index contributed by atoms with van der Waals surface area (Å²) in [5, 5.41) is 4.29. The van der Waals surface area contributed by atoms with Crippen molar-refractivity contribution in [2.24, 2.45) is 0 Å². The van der Waals surface area contributed by atoms with Gasteiger partial charge in [-0.2, -0.15) is 0 Å². The van der Waals surface area contributed by atoms with Gasteiger partial charge >= 0.3 is 0 Å². The van der Waals surface area contributed by atoms with Crippen LogP contribution in [0.3, 0.4) is 0 Å². The molecule has 0 aliphatic heterocycles. The highest BCUT2D eigenvalue weighted by molar-refractivity contribution is 6.32. The summed E-state index contributed by atoms with van der Waals surface area (Å²) in [5.41, 5.74) is 3.32. The van der Waals surface area contributed by atoms with Crippen molar-refractivity contribution in [3.8, 4) is 0 Å². The molecule has 0 radical (unpaired) electrons. The van der Waals surface area contributed by atoms with Gasteiger partial charge in [0.1, 0.15) is 5.82 Å². The summed E-state index contributed by atoms with van der Waals surface area (Å²) in [6.45, 7) is 3.68. The molecule has 0 heterocycles. The summed E-state index contributed by atoms with van der Waals surface area (Å²) in [4.78, 5) is 0. The molecule has 0 fully saturated rings. The van der Waals surface area contributed by atoms with E-state index in [0.29, 0.717) is 15.6 Å². The summed E-state index contributed by atoms with van der Waals surface area (Å²) < 4.78 is 13.5. The third kappa shape index (κ3) is 2.83. The second kappa shape index (κ2) is 6.13. The van der Waals surface area contributed by atoms with Gasteiger partial charge in [0.25, 0.3) is 0 Å². The number of hydrogen-bond acceptors (Lipinski definition) is 1. The van der Waals surface area contributed by atoms with Crippen LogP contribution >= 0.6 is 23.2 Å². The molecule has 1 atom stereocenters. The predicted octanol–water partition coefficient (Wildman–Crippen LogP) is 5.06. The maximum Gasteiger partial charge on any atom is 0.127 e. The van der Waals surface area contributed by atoms with Crippen molar-refractivity contribution in [1.82, 2.24) is 5.32 Å². The van der Waals surface area contributed by atoms with E-state index in [1.807, 2.05) is 32.2 Å². The van der Waals surface area contributed by atoms with E-state index >= 15 is 0 Å². The molecule has 0 saturated carbocycles. The summed E-state index contributed by atoms with van der Waals surface area (Å²) >= 11 is 12.6. The first kappa shape index (κ1) is 15.3. The van der Waals surface area contributed by atoms with Crippen LogP contribution < -0.4 is 5.32 Å². The number of rotatable bonds is 3. The van der Waals surface area contributed by atoms with Crippen LogP contribution in [0, 0.1) is 19.7 Å².